The third-order valence-electron chi connectivity index (χ3n) is 2.57. The van der Waals surface area contributed by atoms with Gasteiger partial charge in [0.25, 0.3) is 0 Å². The Hall–Kier alpha value is -2.23. The molecule has 0 aliphatic heterocycles. The molecule has 0 saturated carbocycles. The monoisotopic (exact) mass is 264 g/mol. The molecule has 1 nitrogen and oxygen atoms in total. The van der Waals surface area contributed by atoms with Crippen molar-refractivity contribution in [2.45, 2.75) is 6.36 Å². The van der Waals surface area contributed by atoms with E-state index in [2.05, 4.69) is 11.3 Å². The minimum Gasteiger partial charge on any atom is -0.405 e. The summed E-state index contributed by atoms with van der Waals surface area (Å²) in [6, 6.07) is 13.8. The third kappa shape index (κ3) is 3.37. The second kappa shape index (κ2) is 5.18. The molecule has 0 N–H and O–H groups in total. The van der Waals surface area contributed by atoms with Crippen LogP contribution in [0.4, 0.5) is 13.2 Å². The van der Waals surface area contributed by atoms with Crippen molar-refractivity contribution in [3.05, 3.63) is 60.7 Å². The largest absolute Gasteiger partial charge is 0.573 e. The Balaban J connectivity index is 2.44. The lowest BCUT2D eigenvalue weighted by Crippen LogP contribution is -2.17. The third-order valence-corrected chi connectivity index (χ3v) is 2.57. The molecule has 0 spiro atoms. The summed E-state index contributed by atoms with van der Waals surface area (Å²) in [5.41, 5.74) is 1.78. The molecule has 0 aromatic heterocycles. The van der Waals surface area contributed by atoms with Crippen molar-refractivity contribution >= 4 is 6.08 Å². The Morgan fingerprint density at radius 3 is 2.21 bits per heavy atom. The molecule has 0 amide bonds. The van der Waals surface area contributed by atoms with Crippen LogP contribution in [0.15, 0.2) is 55.1 Å². The number of hydrogen-bond acceptors (Lipinski definition) is 1. The normalized spacial score (nSPS) is 11.1. The first-order valence-corrected chi connectivity index (χ1v) is 5.57. The highest BCUT2D eigenvalue weighted by molar-refractivity contribution is 5.69. The van der Waals surface area contributed by atoms with Gasteiger partial charge >= 0.3 is 6.36 Å². The van der Waals surface area contributed by atoms with E-state index in [1.807, 2.05) is 30.3 Å². The second-order valence-corrected chi connectivity index (χ2v) is 3.87. The van der Waals surface area contributed by atoms with E-state index in [1.165, 1.54) is 12.1 Å². The number of halogens is 3. The maximum atomic E-state index is 12.3. The number of hydrogen-bond donors (Lipinski definition) is 0. The molecular formula is C15H11F3O. The summed E-state index contributed by atoms with van der Waals surface area (Å²) >= 11 is 0. The van der Waals surface area contributed by atoms with Crippen molar-refractivity contribution < 1.29 is 17.9 Å². The van der Waals surface area contributed by atoms with Crippen molar-refractivity contribution in [1.82, 2.24) is 0 Å². The molecule has 0 aliphatic carbocycles. The molecule has 4 heteroatoms. The van der Waals surface area contributed by atoms with E-state index in [-0.39, 0.29) is 5.75 Å². The molecule has 0 unspecified atom stereocenters. The first kappa shape index (κ1) is 13.2. The lowest BCUT2D eigenvalue weighted by Gasteiger charge is -2.13. The van der Waals surface area contributed by atoms with Crippen LogP contribution in [0.25, 0.3) is 17.2 Å². The van der Waals surface area contributed by atoms with Crippen molar-refractivity contribution in [3.8, 4) is 16.9 Å². The predicted octanol–water partition coefficient (Wildman–Crippen LogP) is 4.90. The molecule has 0 aliphatic rings. The Morgan fingerprint density at radius 1 is 0.947 bits per heavy atom. The highest BCUT2D eigenvalue weighted by atomic mass is 19.4. The summed E-state index contributed by atoms with van der Waals surface area (Å²) < 4.78 is 41.0. The summed E-state index contributed by atoms with van der Waals surface area (Å²) in [5.74, 6) is -0.246. The van der Waals surface area contributed by atoms with Crippen LogP contribution in [-0.4, -0.2) is 6.36 Å². The summed E-state index contributed by atoms with van der Waals surface area (Å²) in [5, 5.41) is 0. The van der Waals surface area contributed by atoms with Crippen LogP contribution in [0.5, 0.6) is 5.75 Å². The summed E-state index contributed by atoms with van der Waals surface area (Å²) in [6.45, 7) is 3.48. The quantitative estimate of drug-likeness (QED) is 0.766. The number of ether oxygens (including phenoxy) is 1. The van der Waals surface area contributed by atoms with Gasteiger partial charge in [0.05, 0.1) is 0 Å². The molecule has 0 bridgehead atoms. The molecule has 19 heavy (non-hydrogen) atoms. The molecule has 0 radical (unpaired) electrons. The molecular weight excluding hydrogens is 253 g/mol. The maximum Gasteiger partial charge on any atom is 0.573 e. The van der Waals surface area contributed by atoms with Gasteiger partial charge in [-0.3, -0.25) is 0 Å². The van der Waals surface area contributed by atoms with E-state index in [0.29, 0.717) is 11.1 Å². The van der Waals surface area contributed by atoms with Gasteiger partial charge in [0.2, 0.25) is 0 Å². The zero-order chi connectivity index (χ0) is 13.9. The number of alkyl halides is 3. The van der Waals surface area contributed by atoms with E-state index >= 15 is 0 Å². The Bertz CT molecular complexity index is 574. The fraction of sp³-hybridized carbons (Fsp3) is 0.0667. The lowest BCUT2D eigenvalue weighted by molar-refractivity contribution is -0.274. The fourth-order valence-electron chi connectivity index (χ4n) is 1.73. The molecule has 0 atom stereocenters. The van der Waals surface area contributed by atoms with Gasteiger partial charge in [-0.05, 0) is 17.2 Å². The molecule has 2 aromatic rings. The first-order chi connectivity index (χ1) is 8.99. The van der Waals surface area contributed by atoms with Crippen molar-refractivity contribution in [1.29, 1.82) is 0 Å². The van der Waals surface area contributed by atoms with Gasteiger partial charge < -0.3 is 4.74 Å². The van der Waals surface area contributed by atoms with Crippen molar-refractivity contribution in [3.63, 3.8) is 0 Å². The van der Waals surface area contributed by atoms with Crippen LogP contribution >= 0.6 is 0 Å². The van der Waals surface area contributed by atoms with Gasteiger partial charge in [-0.1, -0.05) is 55.1 Å². The van der Waals surface area contributed by atoms with Crippen LogP contribution < -0.4 is 4.74 Å². The van der Waals surface area contributed by atoms with Crippen molar-refractivity contribution in [2.24, 2.45) is 0 Å². The zero-order valence-corrected chi connectivity index (χ0v) is 9.95. The van der Waals surface area contributed by atoms with Crippen LogP contribution in [0.1, 0.15) is 5.56 Å². The van der Waals surface area contributed by atoms with E-state index in [0.717, 1.165) is 5.56 Å². The van der Waals surface area contributed by atoms with E-state index in [1.54, 1.807) is 12.1 Å². The molecule has 98 valence electrons. The Labute approximate surface area is 109 Å². The Morgan fingerprint density at radius 2 is 1.63 bits per heavy atom. The van der Waals surface area contributed by atoms with E-state index < -0.39 is 6.36 Å². The van der Waals surface area contributed by atoms with Crippen LogP contribution in [0.3, 0.4) is 0 Å². The summed E-state index contributed by atoms with van der Waals surface area (Å²) in [6.07, 6.45) is -3.39. The molecule has 0 heterocycles. The standard InChI is InChI=1S/C15H11F3O/c1-2-11-8-9-13(12-6-4-3-5-7-12)10-14(11)19-15(16,17)18/h2-10H,1H2. The smallest absolute Gasteiger partial charge is 0.405 e. The minimum atomic E-state index is -4.72. The van der Waals surface area contributed by atoms with Gasteiger partial charge in [0.15, 0.2) is 0 Å². The molecule has 0 fully saturated rings. The van der Waals surface area contributed by atoms with Gasteiger partial charge in [-0.2, -0.15) is 0 Å². The fourth-order valence-corrected chi connectivity index (χ4v) is 1.73. The second-order valence-electron chi connectivity index (χ2n) is 3.87. The number of rotatable bonds is 3. The SMILES string of the molecule is C=Cc1ccc(-c2ccccc2)cc1OC(F)(F)F. The molecule has 0 saturated heterocycles. The van der Waals surface area contributed by atoms with Crippen molar-refractivity contribution in [2.75, 3.05) is 0 Å². The highest BCUT2D eigenvalue weighted by Crippen LogP contribution is 2.31. The predicted molar refractivity (Wildman–Crippen MR) is 68.7 cm³/mol. The molecule has 2 rings (SSSR count). The average molecular weight is 264 g/mol. The topological polar surface area (TPSA) is 9.23 Å². The van der Waals surface area contributed by atoms with Crippen LogP contribution in [0.2, 0.25) is 0 Å². The van der Waals surface area contributed by atoms with Gasteiger partial charge in [-0.15, -0.1) is 13.2 Å². The lowest BCUT2D eigenvalue weighted by atomic mass is 10.0. The molecule has 2 aromatic carbocycles. The van der Waals surface area contributed by atoms with Gasteiger partial charge in [0, 0.05) is 5.56 Å². The summed E-state index contributed by atoms with van der Waals surface area (Å²) in [4.78, 5) is 0. The van der Waals surface area contributed by atoms with E-state index in [9.17, 15) is 13.2 Å². The van der Waals surface area contributed by atoms with Gasteiger partial charge in [0.1, 0.15) is 5.75 Å². The van der Waals surface area contributed by atoms with Crippen LogP contribution in [0, 0.1) is 0 Å². The van der Waals surface area contributed by atoms with E-state index in [4.69, 9.17) is 0 Å². The average Bonchev–Trinajstić information content (AvgIpc) is 2.38. The zero-order valence-electron chi connectivity index (χ0n) is 9.95. The van der Waals surface area contributed by atoms with Gasteiger partial charge in [-0.25, -0.2) is 0 Å². The highest BCUT2D eigenvalue weighted by Gasteiger charge is 2.32. The number of benzene rings is 2. The summed E-state index contributed by atoms with van der Waals surface area (Å²) in [7, 11) is 0. The van der Waals surface area contributed by atoms with Crippen LogP contribution in [-0.2, 0) is 0 Å². The maximum absolute atomic E-state index is 12.3. The Kier molecular flexibility index (Phi) is 3.60. The minimum absolute atomic E-state index is 0.246. The first-order valence-electron chi connectivity index (χ1n) is 5.57.